The predicted molar refractivity (Wildman–Crippen MR) is 64.0 cm³/mol. The minimum atomic E-state index is -0.507. The molecule has 5 nitrogen and oxygen atoms in total. The summed E-state index contributed by atoms with van der Waals surface area (Å²) in [7, 11) is 1.61. The molecular formula is C11H23N3O2. The SMILES string of the molecule is CNC(=O)C(C)(C)CNCC(=O)NC(C)C. The van der Waals surface area contributed by atoms with Crippen LogP contribution in [-0.4, -0.2) is 38.0 Å². The molecule has 0 saturated carbocycles. The van der Waals surface area contributed by atoms with Crippen molar-refractivity contribution in [3.63, 3.8) is 0 Å². The number of nitrogens with one attached hydrogen (secondary N) is 3. The molecule has 16 heavy (non-hydrogen) atoms. The van der Waals surface area contributed by atoms with Gasteiger partial charge < -0.3 is 16.0 Å². The molecule has 0 unspecified atom stereocenters. The van der Waals surface area contributed by atoms with Crippen LogP contribution in [0.3, 0.4) is 0 Å². The van der Waals surface area contributed by atoms with Gasteiger partial charge in [-0.2, -0.15) is 0 Å². The van der Waals surface area contributed by atoms with Crippen molar-refractivity contribution in [3.8, 4) is 0 Å². The average Bonchev–Trinajstić information content (AvgIpc) is 2.14. The summed E-state index contributed by atoms with van der Waals surface area (Å²) >= 11 is 0. The lowest BCUT2D eigenvalue weighted by Crippen LogP contribution is -2.45. The van der Waals surface area contributed by atoms with Gasteiger partial charge in [0.2, 0.25) is 11.8 Å². The molecular weight excluding hydrogens is 206 g/mol. The molecule has 0 fully saturated rings. The van der Waals surface area contributed by atoms with Crippen LogP contribution in [0.25, 0.3) is 0 Å². The summed E-state index contributed by atoms with van der Waals surface area (Å²) in [4.78, 5) is 22.7. The van der Waals surface area contributed by atoms with E-state index in [9.17, 15) is 9.59 Å². The number of carbonyl (C=O) groups excluding carboxylic acids is 2. The predicted octanol–water partition coefficient (Wildman–Crippen LogP) is -0.127. The van der Waals surface area contributed by atoms with E-state index in [-0.39, 0.29) is 24.4 Å². The first-order valence-electron chi connectivity index (χ1n) is 5.52. The number of rotatable bonds is 6. The van der Waals surface area contributed by atoms with Gasteiger partial charge in [0.15, 0.2) is 0 Å². The van der Waals surface area contributed by atoms with E-state index in [1.807, 2.05) is 27.7 Å². The lowest BCUT2D eigenvalue weighted by molar-refractivity contribution is -0.129. The van der Waals surface area contributed by atoms with Crippen molar-refractivity contribution in [3.05, 3.63) is 0 Å². The van der Waals surface area contributed by atoms with Crippen LogP contribution in [0.15, 0.2) is 0 Å². The highest BCUT2D eigenvalue weighted by Crippen LogP contribution is 2.12. The molecule has 5 heteroatoms. The first-order chi connectivity index (χ1) is 7.29. The summed E-state index contributed by atoms with van der Waals surface area (Å²) in [5.41, 5.74) is -0.507. The van der Waals surface area contributed by atoms with Crippen molar-refractivity contribution >= 4 is 11.8 Å². The van der Waals surface area contributed by atoms with Gasteiger partial charge in [0.25, 0.3) is 0 Å². The highest BCUT2D eigenvalue weighted by atomic mass is 16.2. The Morgan fingerprint density at radius 3 is 2.25 bits per heavy atom. The van der Waals surface area contributed by atoms with Gasteiger partial charge in [0.1, 0.15) is 0 Å². The fourth-order valence-electron chi connectivity index (χ4n) is 1.28. The quantitative estimate of drug-likeness (QED) is 0.594. The first kappa shape index (κ1) is 14.9. The van der Waals surface area contributed by atoms with Crippen LogP contribution in [0.1, 0.15) is 27.7 Å². The Labute approximate surface area is 97.4 Å². The molecule has 94 valence electrons. The fourth-order valence-corrected chi connectivity index (χ4v) is 1.28. The molecule has 0 aromatic carbocycles. The Morgan fingerprint density at radius 2 is 1.81 bits per heavy atom. The Balaban J connectivity index is 3.89. The van der Waals surface area contributed by atoms with Gasteiger partial charge in [0, 0.05) is 19.6 Å². The molecule has 0 aromatic rings. The zero-order valence-electron chi connectivity index (χ0n) is 10.8. The van der Waals surface area contributed by atoms with E-state index in [4.69, 9.17) is 0 Å². The second-order valence-electron chi connectivity index (χ2n) is 4.79. The molecule has 0 aromatic heterocycles. The van der Waals surface area contributed by atoms with Crippen molar-refractivity contribution in [1.82, 2.24) is 16.0 Å². The maximum atomic E-state index is 11.4. The third-order valence-electron chi connectivity index (χ3n) is 2.14. The maximum Gasteiger partial charge on any atom is 0.234 e. The van der Waals surface area contributed by atoms with E-state index in [2.05, 4.69) is 16.0 Å². The van der Waals surface area contributed by atoms with Crippen LogP contribution in [0, 0.1) is 5.41 Å². The molecule has 0 aliphatic heterocycles. The minimum Gasteiger partial charge on any atom is -0.359 e. The number of amides is 2. The molecule has 0 radical (unpaired) electrons. The zero-order chi connectivity index (χ0) is 12.8. The van der Waals surface area contributed by atoms with E-state index in [1.54, 1.807) is 7.05 Å². The third kappa shape index (κ3) is 5.70. The molecule has 0 spiro atoms. The topological polar surface area (TPSA) is 70.2 Å². The largest absolute Gasteiger partial charge is 0.359 e. The van der Waals surface area contributed by atoms with Crippen molar-refractivity contribution in [1.29, 1.82) is 0 Å². The minimum absolute atomic E-state index is 0.0377. The van der Waals surface area contributed by atoms with Gasteiger partial charge >= 0.3 is 0 Å². The van der Waals surface area contributed by atoms with Gasteiger partial charge in [-0.05, 0) is 27.7 Å². The zero-order valence-corrected chi connectivity index (χ0v) is 10.8. The average molecular weight is 229 g/mol. The smallest absolute Gasteiger partial charge is 0.234 e. The highest BCUT2D eigenvalue weighted by molar-refractivity contribution is 5.82. The van der Waals surface area contributed by atoms with Crippen LogP contribution in [0.2, 0.25) is 0 Å². The number of hydrogen-bond acceptors (Lipinski definition) is 3. The lowest BCUT2D eigenvalue weighted by Gasteiger charge is -2.22. The lowest BCUT2D eigenvalue weighted by atomic mass is 9.92. The Kier molecular flexibility index (Phi) is 6.03. The van der Waals surface area contributed by atoms with Crippen LogP contribution in [0.5, 0.6) is 0 Å². The molecule has 0 aliphatic rings. The van der Waals surface area contributed by atoms with Crippen molar-refractivity contribution in [2.75, 3.05) is 20.1 Å². The fraction of sp³-hybridized carbons (Fsp3) is 0.818. The molecule has 0 saturated heterocycles. The van der Waals surface area contributed by atoms with Crippen LogP contribution in [-0.2, 0) is 9.59 Å². The van der Waals surface area contributed by atoms with Gasteiger partial charge in [0.05, 0.1) is 12.0 Å². The Bertz CT molecular complexity index is 250. The Morgan fingerprint density at radius 1 is 1.25 bits per heavy atom. The molecule has 0 aliphatic carbocycles. The Hall–Kier alpha value is -1.10. The summed E-state index contributed by atoms with van der Waals surface area (Å²) in [5, 5.41) is 8.34. The van der Waals surface area contributed by atoms with Crippen molar-refractivity contribution in [2.45, 2.75) is 33.7 Å². The van der Waals surface area contributed by atoms with E-state index in [1.165, 1.54) is 0 Å². The molecule has 0 atom stereocenters. The first-order valence-corrected chi connectivity index (χ1v) is 5.52. The molecule has 0 bridgehead atoms. The number of carbonyl (C=O) groups is 2. The summed E-state index contributed by atoms with van der Waals surface area (Å²) in [6, 6.07) is 0.140. The van der Waals surface area contributed by atoms with Crippen molar-refractivity contribution < 1.29 is 9.59 Å². The number of hydrogen-bond donors (Lipinski definition) is 3. The van der Waals surface area contributed by atoms with Gasteiger partial charge in [-0.3, -0.25) is 9.59 Å². The van der Waals surface area contributed by atoms with Crippen LogP contribution in [0.4, 0.5) is 0 Å². The van der Waals surface area contributed by atoms with Gasteiger partial charge in [-0.1, -0.05) is 0 Å². The molecule has 0 rings (SSSR count). The summed E-state index contributed by atoms with van der Waals surface area (Å²) in [6.45, 7) is 8.19. The van der Waals surface area contributed by atoms with Gasteiger partial charge in [-0.25, -0.2) is 0 Å². The molecule has 2 amide bonds. The highest BCUT2D eigenvalue weighted by Gasteiger charge is 2.26. The summed E-state index contributed by atoms with van der Waals surface area (Å²) in [5.74, 6) is -0.0908. The van der Waals surface area contributed by atoms with Crippen LogP contribution < -0.4 is 16.0 Å². The second-order valence-corrected chi connectivity index (χ2v) is 4.79. The molecule has 0 heterocycles. The third-order valence-corrected chi connectivity index (χ3v) is 2.14. The summed E-state index contributed by atoms with van der Waals surface area (Å²) in [6.07, 6.45) is 0. The molecule has 3 N–H and O–H groups in total. The standard InChI is InChI=1S/C11H23N3O2/c1-8(2)14-9(15)6-13-7-11(3,4)10(16)12-5/h8,13H,6-7H2,1-5H3,(H,12,16)(H,14,15). The van der Waals surface area contributed by atoms with Gasteiger partial charge in [-0.15, -0.1) is 0 Å². The van der Waals surface area contributed by atoms with E-state index in [0.717, 1.165) is 0 Å². The van der Waals surface area contributed by atoms with E-state index >= 15 is 0 Å². The maximum absolute atomic E-state index is 11.4. The van der Waals surface area contributed by atoms with Crippen molar-refractivity contribution in [2.24, 2.45) is 5.41 Å². The van der Waals surface area contributed by atoms with E-state index in [0.29, 0.717) is 6.54 Å². The van der Waals surface area contributed by atoms with Crippen LogP contribution >= 0.6 is 0 Å². The second kappa shape index (κ2) is 6.48. The normalized spacial score (nSPS) is 11.4. The van der Waals surface area contributed by atoms with E-state index < -0.39 is 5.41 Å². The summed E-state index contributed by atoms with van der Waals surface area (Å²) < 4.78 is 0. The monoisotopic (exact) mass is 229 g/mol.